The number of hydrogen-bond donors (Lipinski definition) is 3. The maximum atomic E-state index is 10.1. The van der Waals surface area contributed by atoms with Gasteiger partial charge in [0.05, 0.1) is 16.8 Å². The van der Waals surface area contributed by atoms with Crippen molar-refractivity contribution in [3.05, 3.63) is 64.2 Å². The van der Waals surface area contributed by atoms with E-state index in [1.54, 1.807) is 0 Å². The van der Waals surface area contributed by atoms with Crippen LogP contribution in [0.5, 0.6) is 0 Å². The predicted octanol–water partition coefficient (Wildman–Crippen LogP) is 3.98. The summed E-state index contributed by atoms with van der Waals surface area (Å²) in [6.07, 6.45) is -0.615. The summed E-state index contributed by atoms with van der Waals surface area (Å²) in [5, 5.41) is 17.3. The molecule has 0 saturated carbocycles. The SMILES string of the molecule is Cc1cc(C)c(NC(=S)NC[C@H](O)c2ccccc2)c(Cl)c1. The zero-order valence-electron chi connectivity index (χ0n) is 12.6. The van der Waals surface area contributed by atoms with Gasteiger partial charge in [-0.3, -0.25) is 0 Å². The first-order valence-electron chi connectivity index (χ1n) is 7.02. The normalized spacial score (nSPS) is 11.8. The van der Waals surface area contributed by atoms with Crippen LogP contribution in [0.15, 0.2) is 42.5 Å². The summed E-state index contributed by atoms with van der Waals surface area (Å²) in [7, 11) is 0. The molecule has 22 heavy (non-hydrogen) atoms. The number of halogens is 1. The Morgan fingerprint density at radius 1 is 1.23 bits per heavy atom. The van der Waals surface area contributed by atoms with Crippen LogP contribution in [0.3, 0.4) is 0 Å². The van der Waals surface area contributed by atoms with Crippen molar-refractivity contribution in [2.45, 2.75) is 20.0 Å². The molecule has 3 nitrogen and oxygen atoms in total. The summed E-state index contributed by atoms with van der Waals surface area (Å²) in [5.74, 6) is 0. The lowest BCUT2D eigenvalue weighted by Crippen LogP contribution is -2.32. The van der Waals surface area contributed by atoms with Gasteiger partial charge in [0.2, 0.25) is 0 Å². The van der Waals surface area contributed by atoms with Gasteiger partial charge in [0, 0.05) is 6.54 Å². The average Bonchev–Trinajstić information content (AvgIpc) is 2.49. The Kier molecular flexibility index (Phi) is 5.77. The molecular weight excluding hydrogens is 316 g/mol. The largest absolute Gasteiger partial charge is 0.387 e. The highest BCUT2D eigenvalue weighted by Crippen LogP contribution is 2.27. The Morgan fingerprint density at radius 2 is 1.91 bits per heavy atom. The molecule has 0 unspecified atom stereocenters. The summed E-state index contributed by atoms with van der Waals surface area (Å²) >= 11 is 11.5. The van der Waals surface area contributed by atoms with Crippen LogP contribution in [0.2, 0.25) is 5.02 Å². The fraction of sp³-hybridized carbons (Fsp3) is 0.235. The molecule has 2 aromatic carbocycles. The second kappa shape index (κ2) is 7.58. The molecule has 0 aromatic heterocycles. The third kappa shape index (κ3) is 4.44. The van der Waals surface area contributed by atoms with Crippen LogP contribution in [0.4, 0.5) is 5.69 Å². The number of thiocarbonyl (C=S) groups is 1. The topological polar surface area (TPSA) is 44.3 Å². The first-order chi connectivity index (χ1) is 10.5. The predicted molar refractivity (Wildman–Crippen MR) is 96.6 cm³/mol. The van der Waals surface area contributed by atoms with Gasteiger partial charge in [-0.2, -0.15) is 0 Å². The van der Waals surface area contributed by atoms with Crippen LogP contribution in [0.1, 0.15) is 22.8 Å². The van der Waals surface area contributed by atoms with Gasteiger partial charge in [-0.15, -0.1) is 0 Å². The van der Waals surface area contributed by atoms with Gasteiger partial charge in [-0.25, -0.2) is 0 Å². The number of aliphatic hydroxyl groups is 1. The van der Waals surface area contributed by atoms with E-state index in [0.717, 1.165) is 22.4 Å². The Bertz CT molecular complexity index is 638. The van der Waals surface area contributed by atoms with Crippen LogP contribution < -0.4 is 10.6 Å². The first kappa shape index (κ1) is 16.7. The van der Waals surface area contributed by atoms with E-state index in [1.807, 2.05) is 56.3 Å². The standard InChI is InChI=1S/C17H19ClN2OS/c1-11-8-12(2)16(14(18)9-11)20-17(22)19-10-15(21)13-6-4-3-5-7-13/h3-9,15,21H,10H2,1-2H3,(H2,19,20,22)/t15-/m0/s1. The van der Waals surface area contributed by atoms with Crippen LogP contribution >= 0.6 is 23.8 Å². The van der Waals surface area contributed by atoms with Gasteiger partial charge in [0.1, 0.15) is 0 Å². The number of aliphatic hydroxyl groups excluding tert-OH is 1. The number of aryl methyl sites for hydroxylation is 2. The van der Waals surface area contributed by atoms with E-state index >= 15 is 0 Å². The zero-order chi connectivity index (χ0) is 16.1. The molecule has 0 radical (unpaired) electrons. The smallest absolute Gasteiger partial charge is 0.170 e. The van der Waals surface area contributed by atoms with Crippen LogP contribution in [0, 0.1) is 13.8 Å². The number of rotatable bonds is 4. The van der Waals surface area contributed by atoms with Crippen LogP contribution in [-0.4, -0.2) is 16.8 Å². The van der Waals surface area contributed by atoms with Gasteiger partial charge < -0.3 is 15.7 Å². The van der Waals surface area contributed by atoms with Crippen molar-refractivity contribution in [1.29, 1.82) is 0 Å². The van der Waals surface area contributed by atoms with E-state index in [1.165, 1.54) is 0 Å². The van der Waals surface area contributed by atoms with E-state index in [0.29, 0.717) is 16.7 Å². The summed E-state index contributed by atoms with van der Waals surface area (Å²) in [5.41, 5.74) is 3.77. The van der Waals surface area contributed by atoms with E-state index in [4.69, 9.17) is 23.8 Å². The molecular formula is C17H19ClN2OS. The van der Waals surface area contributed by atoms with E-state index in [-0.39, 0.29) is 0 Å². The number of benzene rings is 2. The third-order valence-electron chi connectivity index (χ3n) is 3.31. The third-order valence-corrected chi connectivity index (χ3v) is 3.86. The van der Waals surface area contributed by atoms with Gasteiger partial charge in [0.15, 0.2) is 5.11 Å². The molecule has 0 heterocycles. The molecule has 0 spiro atoms. The summed E-state index contributed by atoms with van der Waals surface area (Å²) in [6.45, 7) is 4.30. The highest BCUT2D eigenvalue weighted by Gasteiger charge is 2.10. The maximum absolute atomic E-state index is 10.1. The maximum Gasteiger partial charge on any atom is 0.170 e. The number of anilines is 1. The molecule has 3 N–H and O–H groups in total. The molecule has 0 fully saturated rings. The first-order valence-corrected chi connectivity index (χ1v) is 7.80. The summed E-state index contributed by atoms with van der Waals surface area (Å²) in [6, 6.07) is 13.4. The van der Waals surface area contributed by atoms with Gasteiger partial charge in [0.25, 0.3) is 0 Å². The highest BCUT2D eigenvalue weighted by atomic mass is 35.5. The van der Waals surface area contributed by atoms with Crippen LogP contribution in [-0.2, 0) is 0 Å². The zero-order valence-corrected chi connectivity index (χ0v) is 14.1. The fourth-order valence-corrected chi connectivity index (χ4v) is 2.77. The minimum atomic E-state index is -0.615. The molecule has 2 rings (SSSR count). The van der Waals surface area contributed by atoms with E-state index in [9.17, 15) is 5.11 Å². The van der Waals surface area contributed by atoms with Gasteiger partial charge >= 0.3 is 0 Å². The van der Waals surface area contributed by atoms with Crippen molar-refractivity contribution in [1.82, 2.24) is 5.32 Å². The minimum absolute atomic E-state index is 0.332. The van der Waals surface area contributed by atoms with E-state index < -0.39 is 6.10 Å². The highest BCUT2D eigenvalue weighted by molar-refractivity contribution is 7.80. The molecule has 0 saturated heterocycles. The molecule has 0 amide bonds. The monoisotopic (exact) mass is 334 g/mol. The number of nitrogens with one attached hydrogen (secondary N) is 2. The second-order valence-corrected chi connectivity index (χ2v) is 6.02. The Labute approximate surface area is 141 Å². The Hall–Kier alpha value is -1.62. The summed E-state index contributed by atoms with van der Waals surface area (Å²) in [4.78, 5) is 0. The molecule has 0 aliphatic rings. The summed E-state index contributed by atoms with van der Waals surface area (Å²) < 4.78 is 0. The minimum Gasteiger partial charge on any atom is -0.387 e. The molecule has 0 bridgehead atoms. The van der Waals surface area contributed by atoms with Gasteiger partial charge in [-0.05, 0) is 48.8 Å². The molecule has 2 aromatic rings. The van der Waals surface area contributed by atoms with E-state index in [2.05, 4.69) is 10.6 Å². The van der Waals surface area contributed by atoms with Crippen molar-refractivity contribution >= 4 is 34.6 Å². The average molecular weight is 335 g/mol. The molecule has 0 aliphatic carbocycles. The molecule has 116 valence electrons. The Morgan fingerprint density at radius 3 is 2.55 bits per heavy atom. The van der Waals surface area contributed by atoms with Crippen molar-refractivity contribution in [2.75, 3.05) is 11.9 Å². The lowest BCUT2D eigenvalue weighted by molar-refractivity contribution is 0.181. The van der Waals surface area contributed by atoms with Crippen molar-refractivity contribution < 1.29 is 5.11 Å². The van der Waals surface area contributed by atoms with Crippen LogP contribution in [0.25, 0.3) is 0 Å². The lowest BCUT2D eigenvalue weighted by Gasteiger charge is -2.17. The van der Waals surface area contributed by atoms with Crippen molar-refractivity contribution in [3.8, 4) is 0 Å². The molecule has 1 atom stereocenters. The van der Waals surface area contributed by atoms with Crippen molar-refractivity contribution in [3.63, 3.8) is 0 Å². The Balaban J connectivity index is 1.94. The molecule has 5 heteroatoms. The quantitative estimate of drug-likeness (QED) is 0.740. The number of hydrogen-bond acceptors (Lipinski definition) is 2. The van der Waals surface area contributed by atoms with Crippen molar-refractivity contribution in [2.24, 2.45) is 0 Å². The fourth-order valence-electron chi connectivity index (χ4n) is 2.21. The lowest BCUT2D eigenvalue weighted by atomic mass is 10.1. The second-order valence-electron chi connectivity index (χ2n) is 5.20. The molecule has 0 aliphatic heterocycles. The van der Waals surface area contributed by atoms with Gasteiger partial charge in [-0.1, -0.05) is 48.0 Å².